The van der Waals surface area contributed by atoms with Crippen LogP contribution < -0.4 is 5.32 Å². The summed E-state index contributed by atoms with van der Waals surface area (Å²) in [5.41, 5.74) is 0. The number of nitrogens with one attached hydrogen (secondary N) is 1. The Hall–Kier alpha value is -0.0400. The van der Waals surface area contributed by atoms with Gasteiger partial charge in [-0.05, 0) is 13.1 Å². The summed E-state index contributed by atoms with van der Waals surface area (Å²) < 4.78 is 0. The van der Waals surface area contributed by atoms with Gasteiger partial charge in [0.2, 0.25) is 0 Å². The smallest absolute Gasteiger partial charge is 0.00775 e. The lowest BCUT2D eigenvalue weighted by Crippen LogP contribution is -2.09. The van der Waals surface area contributed by atoms with Gasteiger partial charge in [-0.15, -0.1) is 0 Å². The van der Waals surface area contributed by atoms with Gasteiger partial charge >= 0.3 is 0 Å². The second-order valence-electron chi connectivity index (χ2n) is 0.957. The Morgan fingerprint density at radius 2 is 0.692 bits per heavy atom. The van der Waals surface area contributed by atoms with Gasteiger partial charge in [0.15, 0.2) is 0 Å². The predicted octanol–water partition coefficient (Wildman–Crippen LogP) is 4.72. The van der Waals surface area contributed by atoms with Crippen LogP contribution in [0.25, 0.3) is 0 Å². The molecular formula is C12H35N. The highest BCUT2D eigenvalue weighted by atomic mass is 14.8. The third-order valence-electron chi connectivity index (χ3n) is 0.500. The van der Waals surface area contributed by atoms with Gasteiger partial charge in [0.05, 0.1) is 0 Å². The van der Waals surface area contributed by atoms with Crippen molar-refractivity contribution in [2.24, 2.45) is 0 Å². The van der Waals surface area contributed by atoms with Crippen LogP contribution in [0.1, 0.15) is 69.2 Å². The Morgan fingerprint density at radius 1 is 0.538 bits per heavy atom. The van der Waals surface area contributed by atoms with Gasteiger partial charge in [-0.2, -0.15) is 0 Å². The lowest BCUT2D eigenvalue weighted by atomic mass is 10.7. The van der Waals surface area contributed by atoms with Crippen LogP contribution in [-0.4, -0.2) is 13.1 Å². The van der Waals surface area contributed by atoms with Gasteiger partial charge in [-0.1, -0.05) is 69.2 Å². The molecule has 0 aromatic carbocycles. The van der Waals surface area contributed by atoms with E-state index in [1.807, 2.05) is 55.4 Å². The first-order valence-corrected chi connectivity index (χ1v) is 6.12. The van der Waals surface area contributed by atoms with E-state index in [9.17, 15) is 0 Å². The standard InChI is InChI=1S/C4H11N.4C2H6/c1-3-5-4-2;4*1-2/h5H,3-4H2,1-2H3;4*1-2H3. The minimum Gasteiger partial charge on any atom is -0.317 e. The Labute approximate surface area is 88.3 Å². The summed E-state index contributed by atoms with van der Waals surface area (Å²) >= 11 is 0. The Balaban J connectivity index is -0.0000000230. The minimum absolute atomic E-state index is 1.09. The molecule has 1 N–H and O–H groups in total. The lowest BCUT2D eigenvalue weighted by molar-refractivity contribution is 0.762. The van der Waals surface area contributed by atoms with Crippen molar-refractivity contribution < 1.29 is 0 Å². The quantitative estimate of drug-likeness (QED) is 0.669. The molecule has 0 aliphatic carbocycles. The zero-order valence-electron chi connectivity index (χ0n) is 11.9. The van der Waals surface area contributed by atoms with Crippen molar-refractivity contribution in [1.82, 2.24) is 5.32 Å². The maximum absolute atomic E-state index is 3.11. The van der Waals surface area contributed by atoms with Crippen LogP contribution in [0.4, 0.5) is 0 Å². The fraction of sp³-hybridized carbons (Fsp3) is 1.00. The first kappa shape index (κ1) is 29.3. The van der Waals surface area contributed by atoms with Crippen molar-refractivity contribution in [1.29, 1.82) is 0 Å². The number of rotatable bonds is 2. The SMILES string of the molecule is CC.CC.CC.CC.CCNCC. The van der Waals surface area contributed by atoms with Crippen LogP contribution in [0.5, 0.6) is 0 Å². The van der Waals surface area contributed by atoms with Gasteiger partial charge in [0.1, 0.15) is 0 Å². The second kappa shape index (κ2) is 164. The highest BCUT2D eigenvalue weighted by Crippen LogP contribution is 1.47. The zero-order valence-corrected chi connectivity index (χ0v) is 11.9. The summed E-state index contributed by atoms with van der Waals surface area (Å²) in [6.45, 7) is 22.4. The topological polar surface area (TPSA) is 12.0 Å². The molecule has 0 aromatic rings. The van der Waals surface area contributed by atoms with Crippen LogP contribution in [0.3, 0.4) is 0 Å². The molecule has 0 spiro atoms. The molecule has 0 rings (SSSR count). The van der Waals surface area contributed by atoms with Gasteiger partial charge < -0.3 is 5.32 Å². The van der Waals surface area contributed by atoms with Crippen molar-refractivity contribution >= 4 is 0 Å². The van der Waals surface area contributed by atoms with Crippen LogP contribution >= 0.6 is 0 Å². The summed E-state index contributed by atoms with van der Waals surface area (Å²) in [6, 6.07) is 0. The average Bonchev–Trinajstić information content (AvgIpc) is 2.30. The molecule has 0 unspecified atom stereocenters. The molecule has 0 amide bonds. The predicted molar refractivity (Wildman–Crippen MR) is 69.6 cm³/mol. The minimum atomic E-state index is 1.09. The summed E-state index contributed by atoms with van der Waals surface area (Å²) in [5.74, 6) is 0. The highest BCUT2D eigenvalue weighted by molar-refractivity contribution is 4.27. The Morgan fingerprint density at radius 3 is 0.692 bits per heavy atom. The molecule has 0 atom stereocenters. The molecule has 0 bridgehead atoms. The second-order valence-corrected chi connectivity index (χ2v) is 0.957. The first-order chi connectivity index (χ1) is 6.41. The monoisotopic (exact) mass is 193 g/mol. The van der Waals surface area contributed by atoms with E-state index in [1.165, 1.54) is 0 Å². The normalized spacial score (nSPS) is 5.08. The molecule has 0 heterocycles. The third-order valence-corrected chi connectivity index (χ3v) is 0.500. The van der Waals surface area contributed by atoms with E-state index in [0.29, 0.717) is 0 Å². The van der Waals surface area contributed by atoms with E-state index in [1.54, 1.807) is 0 Å². The van der Waals surface area contributed by atoms with E-state index in [4.69, 9.17) is 0 Å². The molecule has 0 radical (unpaired) electrons. The Bertz CT molecular complexity index is 12.6. The first-order valence-electron chi connectivity index (χ1n) is 6.12. The van der Waals surface area contributed by atoms with E-state index < -0.39 is 0 Å². The summed E-state index contributed by atoms with van der Waals surface area (Å²) in [5, 5.41) is 3.11. The fourth-order valence-electron chi connectivity index (χ4n) is 0.250. The van der Waals surface area contributed by atoms with Gasteiger partial charge in [-0.3, -0.25) is 0 Å². The van der Waals surface area contributed by atoms with E-state index in [-0.39, 0.29) is 0 Å². The molecule has 1 heteroatoms. The van der Waals surface area contributed by atoms with Gasteiger partial charge in [0, 0.05) is 0 Å². The zero-order chi connectivity index (χ0) is 12.1. The molecule has 0 aromatic heterocycles. The van der Waals surface area contributed by atoms with E-state index >= 15 is 0 Å². The molecular weight excluding hydrogens is 158 g/mol. The van der Waals surface area contributed by atoms with Crippen LogP contribution in [0.15, 0.2) is 0 Å². The molecule has 0 saturated carbocycles. The largest absolute Gasteiger partial charge is 0.317 e. The number of hydrogen-bond donors (Lipinski definition) is 1. The molecule has 0 aliphatic heterocycles. The van der Waals surface area contributed by atoms with Crippen molar-refractivity contribution in [2.75, 3.05) is 13.1 Å². The third kappa shape index (κ3) is 309. The van der Waals surface area contributed by atoms with E-state index in [2.05, 4.69) is 19.2 Å². The van der Waals surface area contributed by atoms with Crippen LogP contribution in [-0.2, 0) is 0 Å². The fourth-order valence-corrected chi connectivity index (χ4v) is 0.250. The van der Waals surface area contributed by atoms with Crippen molar-refractivity contribution in [2.45, 2.75) is 69.2 Å². The van der Waals surface area contributed by atoms with E-state index in [0.717, 1.165) is 13.1 Å². The van der Waals surface area contributed by atoms with Gasteiger partial charge in [0.25, 0.3) is 0 Å². The summed E-state index contributed by atoms with van der Waals surface area (Å²) in [4.78, 5) is 0. The van der Waals surface area contributed by atoms with Crippen molar-refractivity contribution in [3.8, 4) is 0 Å². The molecule has 88 valence electrons. The van der Waals surface area contributed by atoms with Crippen molar-refractivity contribution in [3.05, 3.63) is 0 Å². The summed E-state index contributed by atoms with van der Waals surface area (Å²) in [6.07, 6.45) is 0. The highest BCUT2D eigenvalue weighted by Gasteiger charge is 1.62. The molecule has 0 aliphatic rings. The maximum atomic E-state index is 3.11. The van der Waals surface area contributed by atoms with Crippen LogP contribution in [0.2, 0.25) is 0 Å². The van der Waals surface area contributed by atoms with Gasteiger partial charge in [-0.25, -0.2) is 0 Å². The van der Waals surface area contributed by atoms with Crippen molar-refractivity contribution in [3.63, 3.8) is 0 Å². The Kier molecular flexibility index (Phi) is 369. The summed E-state index contributed by atoms with van der Waals surface area (Å²) in [7, 11) is 0. The molecule has 13 heavy (non-hydrogen) atoms. The number of hydrogen-bond acceptors (Lipinski definition) is 1. The van der Waals surface area contributed by atoms with Crippen LogP contribution in [0, 0.1) is 0 Å². The lowest BCUT2D eigenvalue weighted by Gasteiger charge is -1.86. The molecule has 1 nitrogen and oxygen atoms in total. The molecule has 0 fully saturated rings. The molecule has 0 saturated heterocycles. The average molecular weight is 193 g/mol. The maximum Gasteiger partial charge on any atom is -0.00775 e.